The number of sulfonamides is 1. The SMILES string of the molecule is O=S(=O)(NCCC1CC1)c1ccc(Cl)nc1. The summed E-state index contributed by atoms with van der Waals surface area (Å²) in [6.07, 6.45) is 4.64. The van der Waals surface area contributed by atoms with Crippen LogP contribution in [0.25, 0.3) is 0 Å². The molecule has 0 bridgehead atoms. The van der Waals surface area contributed by atoms with Crippen LogP contribution < -0.4 is 4.72 Å². The summed E-state index contributed by atoms with van der Waals surface area (Å²) < 4.78 is 26.1. The second-order valence-corrected chi connectivity index (χ2v) is 6.10. The molecule has 0 amide bonds. The van der Waals surface area contributed by atoms with E-state index < -0.39 is 10.0 Å². The number of halogens is 1. The normalized spacial score (nSPS) is 16.3. The maximum atomic E-state index is 11.8. The molecule has 88 valence electrons. The average molecular weight is 261 g/mol. The van der Waals surface area contributed by atoms with E-state index in [2.05, 4.69) is 9.71 Å². The number of hydrogen-bond acceptors (Lipinski definition) is 3. The van der Waals surface area contributed by atoms with Crippen molar-refractivity contribution in [2.24, 2.45) is 5.92 Å². The van der Waals surface area contributed by atoms with Crippen LogP contribution in [-0.2, 0) is 10.0 Å². The van der Waals surface area contributed by atoms with Gasteiger partial charge in [0.05, 0.1) is 0 Å². The number of hydrogen-bond donors (Lipinski definition) is 1. The average Bonchev–Trinajstić information content (AvgIpc) is 3.02. The minimum absolute atomic E-state index is 0.160. The molecule has 2 rings (SSSR count). The first-order valence-corrected chi connectivity index (χ1v) is 7.05. The van der Waals surface area contributed by atoms with Crippen LogP contribution in [0.15, 0.2) is 23.2 Å². The zero-order valence-corrected chi connectivity index (χ0v) is 10.3. The van der Waals surface area contributed by atoms with Crippen LogP contribution in [0.4, 0.5) is 0 Å². The van der Waals surface area contributed by atoms with Gasteiger partial charge >= 0.3 is 0 Å². The minimum atomic E-state index is -3.42. The lowest BCUT2D eigenvalue weighted by Gasteiger charge is -2.05. The topological polar surface area (TPSA) is 59.1 Å². The van der Waals surface area contributed by atoms with Crippen LogP contribution in [0.3, 0.4) is 0 Å². The Morgan fingerprint density at radius 3 is 2.75 bits per heavy atom. The summed E-state index contributed by atoms with van der Waals surface area (Å²) in [7, 11) is -3.42. The van der Waals surface area contributed by atoms with Gasteiger partial charge in [0.25, 0.3) is 0 Å². The molecule has 0 saturated heterocycles. The van der Waals surface area contributed by atoms with Gasteiger partial charge in [-0.1, -0.05) is 24.4 Å². The number of pyridine rings is 1. The molecular formula is C10H13ClN2O2S. The van der Waals surface area contributed by atoms with Crippen molar-refractivity contribution in [3.63, 3.8) is 0 Å². The highest BCUT2D eigenvalue weighted by molar-refractivity contribution is 7.89. The molecule has 4 nitrogen and oxygen atoms in total. The smallest absolute Gasteiger partial charge is 0.242 e. The molecule has 16 heavy (non-hydrogen) atoms. The van der Waals surface area contributed by atoms with E-state index in [1.54, 1.807) is 0 Å². The molecule has 6 heteroatoms. The predicted molar refractivity (Wildman–Crippen MR) is 61.8 cm³/mol. The van der Waals surface area contributed by atoms with E-state index in [0.29, 0.717) is 12.5 Å². The van der Waals surface area contributed by atoms with Gasteiger partial charge in [-0.3, -0.25) is 0 Å². The molecule has 0 aromatic carbocycles. The Hall–Kier alpha value is -0.650. The molecule has 0 atom stereocenters. The Morgan fingerprint density at radius 2 is 2.19 bits per heavy atom. The third kappa shape index (κ3) is 3.17. The second kappa shape index (κ2) is 4.69. The first kappa shape index (κ1) is 11.8. The van der Waals surface area contributed by atoms with Crippen LogP contribution in [0.1, 0.15) is 19.3 Å². The summed E-state index contributed by atoms with van der Waals surface area (Å²) in [4.78, 5) is 3.91. The fourth-order valence-corrected chi connectivity index (χ4v) is 2.51. The molecular weight excluding hydrogens is 248 g/mol. The van der Waals surface area contributed by atoms with Gasteiger partial charge in [-0.2, -0.15) is 0 Å². The lowest BCUT2D eigenvalue weighted by atomic mass is 10.3. The van der Waals surface area contributed by atoms with Crippen LogP contribution in [0.2, 0.25) is 5.15 Å². The summed E-state index contributed by atoms with van der Waals surface area (Å²) in [5.74, 6) is 0.714. The van der Waals surface area contributed by atoms with E-state index in [1.165, 1.54) is 31.2 Å². The fourth-order valence-electron chi connectivity index (χ4n) is 1.41. The van der Waals surface area contributed by atoms with Crippen molar-refractivity contribution in [3.05, 3.63) is 23.5 Å². The van der Waals surface area contributed by atoms with E-state index >= 15 is 0 Å². The lowest BCUT2D eigenvalue weighted by Crippen LogP contribution is -2.25. The zero-order valence-electron chi connectivity index (χ0n) is 8.69. The van der Waals surface area contributed by atoms with Crippen molar-refractivity contribution < 1.29 is 8.42 Å². The van der Waals surface area contributed by atoms with Gasteiger partial charge in [0.2, 0.25) is 10.0 Å². The van der Waals surface area contributed by atoms with Crippen molar-refractivity contribution in [3.8, 4) is 0 Å². The van der Waals surface area contributed by atoms with Gasteiger partial charge in [0, 0.05) is 12.7 Å². The molecule has 1 N–H and O–H groups in total. The van der Waals surface area contributed by atoms with E-state index in [4.69, 9.17) is 11.6 Å². The van der Waals surface area contributed by atoms with Gasteiger partial charge in [-0.05, 0) is 24.5 Å². The molecule has 1 aliphatic rings. The van der Waals surface area contributed by atoms with Crippen LogP contribution in [-0.4, -0.2) is 19.9 Å². The monoisotopic (exact) mass is 260 g/mol. The van der Waals surface area contributed by atoms with Crippen LogP contribution in [0, 0.1) is 5.92 Å². The van der Waals surface area contributed by atoms with Gasteiger partial charge in [0.1, 0.15) is 10.0 Å². The maximum Gasteiger partial charge on any atom is 0.242 e. The Balaban J connectivity index is 1.97. The van der Waals surface area contributed by atoms with Crippen molar-refractivity contribution in [2.75, 3.05) is 6.54 Å². The largest absolute Gasteiger partial charge is 0.243 e. The van der Waals surface area contributed by atoms with Crippen molar-refractivity contribution in [1.82, 2.24) is 9.71 Å². The third-order valence-electron chi connectivity index (χ3n) is 2.55. The molecule has 0 aliphatic heterocycles. The standard InChI is InChI=1S/C10H13ClN2O2S/c11-10-4-3-9(7-12-10)16(14,15)13-6-5-8-1-2-8/h3-4,7-8,13H,1-2,5-6H2. The second-order valence-electron chi connectivity index (χ2n) is 3.95. The van der Waals surface area contributed by atoms with E-state index in [0.717, 1.165) is 6.42 Å². The summed E-state index contributed by atoms with van der Waals surface area (Å²) in [5.41, 5.74) is 0. The van der Waals surface area contributed by atoms with Gasteiger partial charge in [-0.15, -0.1) is 0 Å². The molecule has 1 saturated carbocycles. The number of aromatic nitrogens is 1. The summed E-state index contributed by atoms with van der Waals surface area (Å²) in [6, 6.07) is 2.92. The highest BCUT2D eigenvalue weighted by atomic mass is 35.5. The fraction of sp³-hybridized carbons (Fsp3) is 0.500. The quantitative estimate of drug-likeness (QED) is 0.822. The van der Waals surface area contributed by atoms with E-state index in [-0.39, 0.29) is 10.0 Å². The number of rotatable bonds is 5. The molecule has 1 aromatic heterocycles. The Labute approximate surface area is 100 Å². The molecule has 1 aliphatic carbocycles. The third-order valence-corrected chi connectivity index (χ3v) is 4.22. The first-order valence-electron chi connectivity index (χ1n) is 5.19. The molecule has 1 fully saturated rings. The number of nitrogens with zero attached hydrogens (tertiary/aromatic N) is 1. The van der Waals surface area contributed by atoms with Crippen LogP contribution in [0.5, 0.6) is 0 Å². The summed E-state index contributed by atoms with van der Waals surface area (Å²) in [5, 5.41) is 0.289. The van der Waals surface area contributed by atoms with Gasteiger partial charge in [0.15, 0.2) is 0 Å². The number of nitrogens with one attached hydrogen (secondary N) is 1. The lowest BCUT2D eigenvalue weighted by molar-refractivity contribution is 0.575. The summed E-state index contributed by atoms with van der Waals surface area (Å²) in [6.45, 7) is 0.496. The van der Waals surface area contributed by atoms with E-state index in [9.17, 15) is 8.42 Å². The highest BCUT2D eigenvalue weighted by Gasteiger charge is 2.22. The molecule has 0 spiro atoms. The van der Waals surface area contributed by atoms with Crippen molar-refractivity contribution in [1.29, 1.82) is 0 Å². The predicted octanol–water partition coefficient (Wildman–Crippen LogP) is 1.81. The highest BCUT2D eigenvalue weighted by Crippen LogP contribution is 2.31. The van der Waals surface area contributed by atoms with Gasteiger partial charge < -0.3 is 0 Å². The molecule has 0 unspecified atom stereocenters. The Bertz CT molecular complexity index is 454. The minimum Gasteiger partial charge on any atom is -0.243 e. The zero-order chi connectivity index (χ0) is 11.6. The Kier molecular flexibility index (Phi) is 3.47. The van der Waals surface area contributed by atoms with E-state index in [1.807, 2.05) is 0 Å². The maximum absolute atomic E-state index is 11.8. The van der Waals surface area contributed by atoms with Crippen molar-refractivity contribution in [2.45, 2.75) is 24.2 Å². The summed E-state index contributed by atoms with van der Waals surface area (Å²) >= 11 is 5.59. The van der Waals surface area contributed by atoms with Crippen LogP contribution >= 0.6 is 11.6 Å². The molecule has 1 heterocycles. The first-order chi connectivity index (χ1) is 7.58. The van der Waals surface area contributed by atoms with Crippen molar-refractivity contribution >= 4 is 21.6 Å². The van der Waals surface area contributed by atoms with Gasteiger partial charge in [-0.25, -0.2) is 18.1 Å². The molecule has 0 radical (unpaired) electrons. The molecule has 1 aromatic rings. The Morgan fingerprint density at radius 1 is 1.44 bits per heavy atom.